The number of hydrogen-bond acceptors (Lipinski definition) is 5. The second-order valence-corrected chi connectivity index (χ2v) is 6.43. The lowest BCUT2D eigenvalue weighted by molar-refractivity contribution is -0.122. The van der Waals surface area contributed by atoms with E-state index in [1.165, 1.54) is 50.6 Å². The summed E-state index contributed by atoms with van der Waals surface area (Å²) in [6, 6.07) is 8.63. The van der Waals surface area contributed by atoms with E-state index in [0.29, 0.717) is 17.1 Å². The van der Waals surface area contributed by atoms with E-state index < -0.39 is 17.6 Å². The van der Waals surface area contributed by atoms with Crippen LogP contribution in [0.15, 0.2) is 42.0 Å². The second-order valence-electron chi connectivity index (χ2n) is 5.64. The number of ether oxygens (including phenoxy) is 2. The number of benzene rings is 2. The first-order chi connectivity index (χ1) is 13.4. The van der Waals surface area contributed by atoms with Crippen molar-refractivity contribution in [3.8, 4) is 11.5 Å². The minimum Gasteiger partial charge on any atom is -0.493 e. The van der Waals surface area contributed by atoms with Crippen molar-refractivity contribution in [1.82, 2.24) is 5.32 Å². The molecule has 1 N–H and O–H groups in total. The molecule has 1 aliphatic heterocycles. The van der Waals surface area contributed by atoms with E-state index in [2.05, 4.69) is 5.32 Å². The van der Waals surface area contributed by atoms with Crippen LogP contribution in [0.25, 0.3) is 6.08 Å². The Labute approximate surface area is 170 Å². The van der Waals surface area contributed by atoms with Crippen LogP contribution in [-0.2, 0) is 9.59 Å². The fraction of sp³-hybridized carbons (Fsp3) is 0.105. The predicted molar refractivity (Wildman–Crippen MR) is 107 cm³/mol. The third-order valence-electron chi connectivity index (χ3n) is 4.00. The van der Waals surface area contributed by atoms with Crippen LogP contribution in [0.5, 0.6) is 11.5 Å². The van der Waals surface area contributed by atoms with Gasteiger partial charge in [0.25, 0.3) is 11.8 Å². The second kappa shape index (κ2) is 7.95. The molecule has 3 rings (SSSR count). The average molecular weight is 421 g/mol. The van der Waals surface area contributed by atoms with Gasteiger partial charge in [-0.1, -0.05) is 23.7 Å². The zero-order valence-electron chi connectivity index (χ0n) is 14.8. The number of rotatable bonds is 4. The number of thiocarbonyl (C=S) groups is 1. The lowest BCUT2D eigenvalue weighted by Crippen LogP contribution is -2.54. The molecule has 28 heavy (non-hydrogen) atoms. The van der Waals surface area contributed by atoms with Gasteiger partial charge in [0.1, 0.15) is 11.4 Å². The lowest BCUT2D eigenvalue weighted by Gasteiger charge is -2.29. The van der Waals surface area contributed by atoms with Gasteiger partial charge >= 0.3 is 0 Å². The zero-order chi connectivity index (χ0) is 20.4. The third kappa shape index (κ3) is 3.56. The van der Waals surface area contributed by atoms with Gasteiger partial charge in [0, 0.05) is 6.07 Å². The summed E-state index contributed by atoms with van der Waals surface area (Å²) in [6.45, 7) is 0. The Bertz CT molecular complexity index is 1020. The van der Waals surface area contributed by atoms with E-state index in [9.17, 15) is 14.0 Å². The topological polar surface area (TPSA) is 67.9 Å². The fourth-order valence-corrected chi connectivity index (χ4v) is 3.13. The minimum atomic E-state index is -0.773. The normalized spacial score (nSPS) is 15.6. The van der Waals surface area contributed by atoms with Gasteiger partial charge in [-0.15, -0.1) is 0 Å². The molecular formula is C19H14ClFN2O4S. The molecule has 1 aliphatic rings. The molecule has 0 aliphatic carbocycles. The summed E-state index contributed by atoms with van der Waals surface area (Å²) in [5.74, 6) is -1.39. The van der Waals surface area contributed by atoms with E-state index in [0.717, 1.165) is 4.90 Å². The Kier molecular flexibility index (Phi) is 5.62. The number of methoxy groups -OCH3 is 2. The monoisotopic (exact) mass is 420 g/mol. The highest BCUT2D eigenvalue weighted by Gasteiger charge is 2.35. The van der Waals surface area contributed by atoms with Crippen molar-refractivity contribution in [2.24, 2.45) is 0 Å². The van der Waals surface area contributed by atoms with Gasteiger partial charge in [-0.25, -0.2) is 9.29 Å². The highest BCUT2D eigenvalue weighted by Crippen LogP contribution is 2.34. The first-order valence-electron chi connectivity index (χ1n) is 7.95. The molecule has 1 fully saturated rings. The number of nitrogens with one attached hydrogen (secondary N) is 1. The number of hydrogen-bond donors (Lipinski definition) is 1. The van der Waals surface area contributed by atoms with E-state index in [4.69, 9.17) is 33.3 Å². The maximum absolute atomic E-state index is 14.2. The van der Waals surface area contributed by atoms with E-state index in [1.807, 2.05) is 0 Å². The number of carbonyl (C=O) groups excluding carboxylic acids is 2. The fourth-order valence-electron chi connectivity index (χ4n) is 2.65. The summed E-state index contributed by atoms with van der Waals surface area (Å²) in [4.78, 5) is 26.2. The number of halogens is 2. The molecular weight excluding hydrogens is 407 g/mol. The van der Waals surface area contributed by atoms with Gasteiger partial charge in [0.2, 0.25) is 0 Å². The van der Waals surface area contributed by atoms with Crippen LogP contribution in [0.3, 0.4) is 0 Å². The molecule has 0 aromatic heterocycles. The molecule has 2 amide bonds. The quantitative estimate of drug-likeness (QED) is 0.467. The highest BCUT2D eigenvalue weighted by atomic mass is 35.5. The van der Waals surface area contributed by atoms with E-state index >= 15 is 0 Å². The molecule has 0 atom stereocenters. The van der Waals surface area contributed by atoms with Gasteiger partial charge in [0.05, 0.1) is 24.9 Å². The van der Waals surface area contributed by atoms with Crippen molar-refractivity contribution in [1.29, 1.82) is 0 Å². The molecule has 0 bridgehead atoms. The Morgan fingerprint density at radius 2 is 1.79 bits per heavy atom. The summed E-state index contributed by atoms with van der Waals surface area (Å²) in [6.07, 6.45) is 1.29. The summed E-state index contributed by atoms with van der Waals surface area (Å²) < 4.78 is 24.6. The number of anilines is 1. The maximum Gasteiger partial charge on any atom is 0.270 e. The molecule has 0 unspecified atom stereocenters. The number of amides is 2. The van der Waals surface area contributed by atoms with Crippen LogP contribution >= 0.6 is 23.8 Å². The van der Waals surface area contributed by atoms with Gasteiger partial charge in [-0.05, 0) is 42.1 Å². The van der Waals surface area contributed by atoms with Crippen LogP contribution < -0.4 is 19.7 Å². The first kappa shape index (κ1) is 19.8. The predicted octanol–water partition coefficient (Wildman–Crippen LogP) is 3.33. The molecule has 144 valence electrons. The van der Waals surface area contributed by atoms with Gasteiger partial charge in [0.15, 0.2) is 16.6 Å². The Balaban J connectivity index is 2.09. The molecule has 6 nitrogen and oxygen atoms in total. The van der Waals surface area contributed by atoms with Crippen LogP contribution in [0, 0.1) is 5.82 Å². The highest BCUT2D eigenvalue weighted by molar-refractivity contribution is 7.80. The maximum atomic E-state index is 14.2. The number of carbonyl (C=O) groups is 2. The summed E-state index contributed by atoms with van der Waals surface area (Å²) >= 11 is 11.3. The smallest absolute Gasteiger partial charge is 0.270 e. The molecule has 2 aromatic rings. The summed E-state index contributed by atoms with van der Waals surface area (Å²) in [5, 5.41) is 2.41. The molecule has 0 spiro atoms. The van der Waals surface area contributed by atoms with Crippen molar-refractivity contribution in [2.45, 2.75) is 0 Å². The van der Waals surface area contributed by atoms with Crippen molar-refractivity contribution in [2.75, 3.05) is 19.1 Å². The molecule has 0 saturated carbocycles. The van der Waals surface area contributed by atoms with E-state index in [-0.39, 0.29) is 21.4 Å². The molecule has 9 heteroatoms. The molecule has 2 aromatic carbocycles. The van der Waals surface area contributed by atoms with Crippen LogP contribution in [-0.4, -0.2) is 31.1 Å². The SMILES string of the molecule is COc1cc(Cl)c(/C=C2\C(=O)NC(=S)N(c3ccccc3F)C2=O)cc1OC. The van der Waals surface area contributed by atoms with Crippen LogP contribution in [0.2, 0.25) is 5.02 Å². The number of nitrogens with zero attached hydrogens (tertiary/aromatic N) is 1. The minimum absolute atomic E-state index is 0.0678. The lowest BCUT2D eigenvalue weighted by atomic mass is 10.1. The zero-order valence-corrected chi connectivity index (χ0v) is 16.4. The summed E-state index contributed by atoms with van der Waals surface area (Å²) in [5.41, 5.74) is 0.0203. The van der Waals surface area contributed by atoms with Gasteiger partial charge in [-0.3, -0.25) is 14.9 Å². The third-order valence-corrected chi connectivity index (χ3v) is 4.61. The Morgan fingerprint density at radius 3 is 2.43 bits per heavy atom. The molecule has 1 heterocycles. The number of para-hydroxylation sites is 1. The average Bonchev–Trinajstić information content (AvgIpc) is 2.67. The standard InChI is InChI=1S/C19H14ClFN2O4S/c1-26-15-8-10(12(20)9-16(15)27-2)7-11-17(24)22-19(28)23(18(11)25)14-6-4-3-5-13(14)21/h3-9H,1-2H3,(H,22,24,28)/b11-7+. The van der Waals surface area contributed by atoms with Crippen molar-refractivity contribution in [3.05, 3.63) is 58.4 Å². The van der Waals surface area contributed by atoms with Gasteiger partial charge in [-0.2, -0.15) is 0 Å². The Hall–Kier alpha value is -2.97. The first-order valence-corrected chi connectivity index (χ1v) is 8.73. The summed E-state index contributed by atoms with van der Waals surface area (Å²) in [7, 11) is 2.90. The van der Waals surface area contributed by atoms with Crippen molar-refractivity contribution < 1.29 is 23.5 Å². The molecule has 1 saturated heterocycles. The van der Waals surface area contributed by atoms with Gasteiger partial charge < -0.3 is 9.47 Å². The van der Waals surface area contributed by atoms with Crippen LogP contribution in [0.4, 0.5) is 10.1 Å². The largest absolute Gasteiger partial charge is 0.493 e. The molecule has 0 radical (unpaired) electrons. The van der Waals surface area contributed by atoms with E-state index in [1.54, 1.807) is 6.07 Å². The van der Waals surface area contributed by atoms with Crippen molar-refractivity contribution >= 4 is 52.5 Å². The van der Waals surface area contributed by atoms with Crippen molar-refractivity contribution in [3.63, 3.8) is 0 Å². The van der Waals surface area contributed by atoms with Crippen LogP contribution in [0.1, 0.15) is 5.56 Å². The Morgan fingerprint density at radius 1 is 1.14 bits per heavy atom.